The van der Waals surface area contributed by atoms with Gasteiger partial charge in [-0.15, -0.1) is 0 Å². The molecular formula is C14H10ClFN2O3S. The highest BCUT2D eigenvalue weighted by Crippen LogP contribution is 2.21. The predicted molar refractivity (Wildman–Crippen MR) is 82.0 cm³/mol. The fourth-order valence-electron chi connectivity index (χ4n) is 1.58. The molecule has 0 aliphatic heterocycles. The lowest BCUT2D eigenvalue weighted by Crippen LogP contribution is -2.14. The number of carboxylic acids is 1. The van der Waals surface area contributed by atoms with Gasteiger partial charge in [0.25, 0.3) is 5.91 Å². The topological polar surface area (TPSA) is 79.3 Å². The molecule has 8 heteroatoms. The van der Waals surface area contributed by atoms with Crippen molar-refractivity contribution in [2.45, 2.75) is 5.03 Å². The second-order valence-electron chi connectivity index (χ2n) is 4.12. The summed E-state index contributed by atoms with van der Waals surface area (Å²) in [5.41, 5.74) is 0.109. The highest BCUT2D eigenvalue weighted by molar-refractivity contribution is 7.99. The second-order valence-corrected chi connectivity index (χ2v) is 5.52. The molecule has 0 saturated heterocycles. The van der Waals surface area contributed by atoms with E-state index >= 15 is 0 Å². The van der Waals surface area contributed by atoms with E-state index in [2.05, 4.69) is 10.3 Å². The van der Waals surface area contributed by atoms with Crippen molar-refractivity contribution in [3.63, 3.8) is 0 Å². The number of aliphatic carboxylic acids is 1. The largest absolute Gasteiger partial charge is 0.481 e. The number of carbonyl (C=O) groups excluding carboxylic acids is 1. The molecule has 2 rings (SSSR count). The first-order valence-corrected chi connectivity index (χ1v) is 7.39. The van der Waals surface area contributed by atoms with E-state index in [1.807, 2.05) is 0 Å². The lowest BCUT2D eigenvalue weighted by molar-refractivity contribution is -0.133. The molecule has 1 aromatic heterocycles. The van der Waals surface area contributed by atoms with Crippen molar-refractivity contribution in [3.05, 3.63) is 52.9 Å². The second kappa shape index (κ2) is 7.24. The maximum Gasteiger partial charge on any atom is 0.313 e. The molecule has 2 aromatic rings. The van der Waals surface area contributed by atoms with Gasteiger partial charge < -0.3 is 10.4 Å². The average Bonchev–Trinajstić information content (AvgIpc) is 2.46. The molecule has 0 spiro atoms. The number of anilines is 1. The lowest BCUT2D eigenvalue weighted by Gasteiger charge is -2.07. The Hall–Kier alpha value is -2.12. The summed E-state index contributed by atoms with van der Waals surface area (Å²) >= 11 is 6.86. The Morgan fingerprint density at radius 2 is 2.09 bits per heavy atom. The van der Waals surface area contributed by atoms with Gasteiger partial charge in [-0.2, -0.15) is 0 Å². The Morgan fingerprint density at radius 1 is 1.32 bits per heavy atom. The Morgan fingerprint density at radius 3 is 2.68 bits per heavy atom. The molecule has 0 bridgehead atoms. The Bertz CT molecular complexity index is 689. The summed E-state index contributed by atoms with van der Waals surface area (Å²) < 4.78 is 13.6. The zero-order chi connectivity index (χ0) is 16.1. The molecule has 2 N–H and O–H groups in total. The monoisotopic (exact) mass is 340 g/mol. The number of nitrogens with one attached hydrogen (secondary N) is 1. The van der Waals surface area contributed by atoms with Crippen LogP contribution in [-0.2, 0) is 4.79 Å². The smallest absolute Gasteiger partial charge is 0.313 e. The highest BCUT2D eigenvalue weighted by Gasteiger charge is 2.15. The third-order valence-electron chi connectivity index (χ3n) is 2.53. The van der Waals surface area contributed by atoms with E-state index in [0.29, 0.717) is 10.7 Å². The molecule has 0 unspecified atom stereocenters. The lowest BCUT2D eigenvalue weighted by atomic mass is 10.2. The summed E-state index contributed by atoms with van der Waals surface area (Å²) in [5.74, 6) is -2.45. The average molecular weight is 341 g/mol. The molecule has 114 valence electrons. The number of benzene rings is 1. The molecule has 22 heavy (non-hydrogen) atoms. The third kappa shape index (κ3) is 4.19. The van der Waals surface area contributed by atoms with Gasteiger partial charge in [0.05, 0.1) is 33.2 Å². The van der Waals surface area contributed by atoms with Gasteiger partial charge in [0.2, 0.25) is 0 Å². The SMILES string of the molecule is O=C(O)CSc1ccc(NC(=O)c2c(F)cccc2Cl)cn1. The maximum absolute atomic E-state index is 13.6. The van der Waals surface area contributed by atoms with Crippen molar-refractivity contribution < 1.29 is 19.1 Å². The number of carbonyl (C=O) groups is 2. The van der Waals surface area contributed by atoms with Crippen LogP contribution < -0.4 is 5.32 Å². The predicted octanol–water partition coefficient (Wildman–Crippen LogP) is 3.30. The van der Waals surface area contributed by atoms with E-state index in [1.54, 1.807) is 12.1 Å². The number of rotatable bonds is 5. The number of halogens is 2. The molecular weight excluding hydrogens is 331 g/mol. The van der Waals surface area contributed by atoms with E-state index in [1.165, 1.54) is 18.3 Å². The van der Waals surface area contributed by atoms with Crippen molar-refractivity contribution in [3.8, 4) is 0 Å². The fourth-order valence-corrected chi connectivity index (χ4v) is 2.40. The van der Waals surface area contributed by atoms with Gasteiger partial charge in [0, 0.05) is 0 Å². The van der Waals surface area contributed by atoms with Gasteiger partial charge >= 0.3 is 5.97 Å². The Kier molecular flexibility index (Phi) is 5.35. The van der Waals surface area contributed by atoms with Crippen LogP contribution in [0.1, 0.15) is 10.4 Å². The highest BCUT2D eigenvalue weighted by atomic mass is 35.5. The summed E-state index contributed by atoms with van der Waals surface area (Å²) in [6.45, 7) is 0. The van der Waals surface area contributed by atoms with Crippen LogP contribution in [-0.4, -0.2) is 27.7 Å². The van der Waals surface area contributed by atoms with E-state index < -0.39 is 17.7 Å². The van der Waals surface area contributed by atoms with Crippen LogP contribution >= 0.6 is 23.4 Å². The number of pyridine rings is 1. The summed E-state index contributed by atoms with van der Waals surface area (Å²) in [4.78, 5) is 26.5. The number of hydrogen-bond donors (Lipinski definition) is 2. The molecule has 5 nitrogen and oxygen atoms in total. The van der Waals surface area contributed by atoms with E-state index in [9.17, 15) is 14.0 Å². The van der Waals surface area contributed by atoms with Gasteiger partial charge in [-0.25, -0.2) is 9.37 Å². The normalized spacial score (nSPS) is 10.3. The minimum Gasteiger partial charge on any atom is -0.481 e. The number of amides is 1. The first-order chi connectivity index (χ1) is 10.5. The zero-order valence-corrected chi connectivity index (χ0v) is 12.6. The summed E-state index contributed by atoms with van der Waals surface area (Å²) in [6.07, 6.45) is 1.36. The van der Waals surface area contributed by atoms with Crippen molar-refractivity contribution in [2.75, 3.05) is 11.1 Å². The van der Waals surface area contributed by atoms with Crippen LogP contribution in [0.3, 0.4) is 0 Å². The molecule has 1 amide bonds. The van der Waals surface area contributed by atoms with Gasteiger partial charge in [0.15, 0.2) is 0 Å². The van der Waals surface area contributed by atoms with Crippen molar-refractivity contribution in [1.82, 2.24) is 4.98 Å². The molecule has 0 aliphatic carbocycles. The minimum atomic E-state index is -0.946. The van der Waals surface area contributed by atoms with Crippen LogP contribution in [0.5, 0.6) is 0 Å². The first-order valence-electron chi connectivity index (χ1n) is 6.03. The number of carboxylic acid groups (broad SMARTS) is 1. The van der Waals surface area contributed by atoms with Crippen molar-refractivity contribution >= 4 is 40.9 Å². The first kappa shape index (κ1) is 16.3. The Balaban J connectivity index is 2.07. The van der Waals surface area contributed by atoms with E-state index in [4.69, 9.17) is 16.7 Å². The summed E-state index contributed by atoms with van der Waals surface area (Å²) in [6, 6.07) is 7.08. The number of hydrogen-bond acceptors (Lipinski definition) is 4. The third-order valence-corrected chi connectivity index (χ3v) is 3.77. The molecule has 1 heterocycles. The fraction of sp³-hybridized carbons (Fsp3) is 0.0714. The standard InChI is InChI=1S/C14H10ClFN2O3S/c15-9-2-1-3-10(16)13(9)14(21)18-8-4-5-11(17-6-8)22-7-12(19)20/h1-6H,7H2,(H,18,21)(H,19,20). The molecule has 0 saturated carbocycles. The molecule has 0 aliphatic rings. The van der Waals surface area contributed by atoms with E-state index in [0.717, 1.165) is 17.8 Å². The molecule has 0 fully saturated rings. The van der Waals surface area contributed by atoms with Crippen LogP contribution in [0.4, 0.5) is 10.1 Å². The van der Waals surface area contributed by atoms with Crippen LogP contribution in [0.2, 0.25) is 5.02 Å². The molecule has 1 aromatic carbocycles. The Labute approximate surface area is 134 Å². The zero-order valence-electron chi connectivity index (χ0n) is 11.0. The number of aromatic nitrogens is 1. The number of nitrogens with zero attached hydrogens (tertiary/aromatic N) is 1. The summed E-state index contributed by atoms with van der Waals surface area (Å²) in [7, 11) is 0. The van der Waals surface area contributed by atoms with Crippen molar-refractivity contribution in [1.29, 1.82) is 0 Å². The maximum atomic E-state index is 13.6. The van der Waals surface area contributed by atoms with Crippen LogP contribution in [0.25, 0.3) is 0 Å². The van der Waals surface area contributed by atoms with Crippen molar-refractivity contribution in [2.24, 2.45) is 0 Å². The van der Waals surface area contributed by atoms with E-state index in [-0.39, 0.29) is 16.3 Å². The molecule has 0 atom stereocenters. The summed E-state index contributed by atoms with van der Waals surface area (Å²) in [5, 5.41) is 11.6. The van der Waals surface area contributed by atoms with Gasteiger partial charge in [0.1, 0.15) is 5.82 Å². The van der Waals surface area contributed by atoms with Crippen LogP contribution in [0, 0.1) is 5.82 Å². The quantitative estimate of drug-likeness (QED) is 0.816. The minimum absolute atomic E-state index is 0.0130. The van der Waals surface area contributed by atoms with Gasteiger partial charge in [-0.05, 0) is 24.3 Å². The van der Waals surface area contributed by atoms with Gasteiger partial charge in [-0.3, -0.25) is 9.59 Å². The van der Waals surface area contributed by atoms with Gasteiger partial charge in [-0.1, -0.05) is 29.4 Å². The number of thioether (sulfide) groups is 1. The molecule has 0 radical (unpaired) electrons. The van der Waals surface area contributed by atoms with Crippen LogP contribution in [0.15, 0.2) is 41.6 Å².